The second kappa shape index (κ2) is 5.66. The van der Waals surface area contributed by atoms with Crippen LogP contribution in [-0.2, 0) is 9.84 Å². The molecule has 0 bridgehead atoms. The molecule has 2 nitrogen and oxygen atoms in total. The smallest absolute Gasteiger partial charge is 0.199 e. The summed E-state index contributed by atoms with van der Waals surface area (Å²) in [5.74, 6) is 0.191. The van der Waals surface area contributed by atoms with E-state index in [2.05, 4.69) is 6.58 Å². The van der Waals surface area contributed by atoms with E-state index in [1.807, 2.05) is 6.92 Å². The van der Waals surface area contributed by atoms with Gasteiger partial charge in [-0.1, -0.05) is 37.3 Å². The lowest BCUT2D eigenvalue weighted by molar-refractivity contribution is 0.604. The summed E-state index contributed by atoms with van der Waals surface area (Å²) >= 11 is 0. The van der Waals surface area contributed by atoms with E-state index in [0.29, 0.717) is 4.90 Å². The highest BCUT2D eigenvalue weighted by molar-refractivity contribution is 7.94. The van der Waals surface area contributed by atoms with E-state index in [1.54, 1.807) is 42.5 Å². The van der Waals surface area contributed by atoms with Gasteiger partial charge in [-0.3, -0.25) is 0 Å². The average molecular weight is 236 g/mol. The van der Waals surface area contributed by atoms with Gasteiger partial charge in [0.25, 0.3) is 0 Å². The van der Waals surface area contributed by atoms with Gasteiger partial charge in [-0.25, -0.2) is 8.42 Å². The maximum absolute atomic E-state index is 11.8. The summed E-state index contributed by atoms with van der Waals surface area (Å²) in [5, 5.41) is 1.27. The Kier molecular flexibility index (Phi) is 4.50. The maximum atomic E-state index is 11.8. The first kappa shape index (κ1) is 12.7. The highest BCUT2D eigenvalue weighted by Crippen LogP contribution is 2.13. The van der Waals surface area contributed by atoms with Gasteiger partial charge in [0.2, 0.25) is 0 Å². The standard InChI is InChI=1S/C13H16O2S/c1-3-7-12(2)10-11-16(14,15)13-8-5-4-6-9-13/h3-6,8-12H,1,7H2,2H3/b11-10+. The van der Waals surface area contributed by atoms with Crippen LogP contribution in [0.3, 0.4) is 0 Å². The quantitative estimate of drug-likeness (QED) is 0.736. The van der Waals surface area contributed by atoms with Gasteiger partial charge >= 0.3 is 0 Å². The van der Waals surface area contributed by atoms with Crippen LogP contribution in [0.4, 0.5) is 0 Å². The Bertz CT molecular complexity index is 458. The van der Waals surface area contributed by atoms with Gasteiger partial charge in [0.1, 0.15) is 0 Å². The van der Waals surface area contributed by atoms with Crippen molar-refractivity contribution >= 4 is 9.84 Å². The minimum atomic E-state index is -3.29. The predicted octanol–water partition coefficient (Wildman–Crippen LogP) is 3.19. The fourth-order valence-electron chi connectivity index (χ4n) is 1.27. The Labute approximate surface area is 97.2 Å². The molecule has 3 heteroatoms. The van der Waals surface area contributed by atoms with Gasteiger partial charge in [-0.15, -0.1) is 6.58 Å². The lowest BCUT2D eigenvalue weighted by Crippen LogP contribution is -1.97. The molecule has 1 rings (SSSR count). The van der Waals surface area contributed by atoms with E-state index in [9.17, 15) is 8.42 Å². The lowest BCUT2D eigenvalue weighted by Gasteiger charge is -2.01. The zero-order chi connectivity index (χ0) is 12.0. The van der Waals surface area contributed by atoms with Crippen molar-refractivity contribution in [2.24, 2.45) is 5.92 Å². The van der Waals surface area contributed by atoms with Crippen LogP contribution >= 0.6 is 0 Å². The van der Waals surface area contributed by atoms with E-state index in [-0.39, 0.29) is 5.92 Å². The van der Waals surface area contributed by atoms with Gasteiger partial charge in [-0.2, -0.15) is 0 Å². The Morgan fingerprint density at radius 2 is 1.94 bits per heavy atom. The molecule has 1 unspecified atom stereocenters. The number of rotatable bonds is 5. The molecule has 0 radical (unpaired) electrons. The first-order chi connectivity index (χ1) is 7.56. The van der Waals surface area contributed by atoms with Crippen molar-refractivity contribution in [2.45, 2.75) is 18.2 Å². The van der Waals surface area contributed by atoms with Crippen molar-refractivity contribution in [3.8, 4) is 0 Å². The Morgan fingerprint density at radius 1 is 1.31 bits per heavy atom. The van der Waals surface area contributed by atoms with Crippen molar-refractivity contribution < 1.29 is 8.42 Å². The van der Waals surface area contributed by atoms with Crippen LogP contribution in [0.15, 0.2) is 59.4 Å². The summed E-state index contributed by atoms with van der Waals surface area (Å²) in [6.07, 6.45) is 4.26. The summed E-state index contributed by atoms with van der Waals surface area (Å²) in [6.45, 7) is 5.58. The Balaban J connectivity index is 2.85. The van der Waals surface area contributed by atoms with Crippen LogP contribution in [0.2, 0.25) is 0 Å². The zero-order valence-corrected chi connectivity index (χ0v) is 10.2. The minimum absolute atomic E-state index is 0.191. The van der Waals surface area contributed by atoms with E-state index >= 15 is 0 Å². The summed E-state index contributed by atoms with van der Waals surface area (Å²) in [6, 6.07) is 8.42. The molecule has 0 aromatic heterocycles. The predicted molar refractivity (Wildman–Crippen MR) is 66.7 cm³/mol. The molecule has 0 aliphatic rings. The molecular formula is C13H16O2S. The second-order valence-electron chi connectivity index (χ2n) is 3.69. The van der Waals surface area contributed by atoms with Crippen molar-refractivity contribution in [1.29, 1.82) is 0 Å². The molecule has 1 aromatic carbocycles. The van der Waals surface area contributed by atoms with E-state index in [1.165, 1.54) is 5.41 Å². The largest absolute Gasteiger partial charge is 0.219 e. The minimum Gasteiger partial charge on any atom is -0.219 e. The topological polar surface area (TPSA) is 34.1 Å². The Morgan fingerprint density at radius 3 is 2.50 bits per heavy atom. The molecular weight excluding hydrogens is 220 g/mol. The van der Waals surface area contributed by atoms with Crippen LogP contribution in [-0.4, -0.2) is 8.42 Å². The number of hydrogen-bond donors (Lipinski definition) is 0. The molecule has 16 heavy (non-hydrogen) atoms. The molecule has 0 amide bonds. The van der Waals surface area contributed by atoms with Crippen molar-refractivity contribution in [1.82, 2.24) is 0 Å². The number of allylic oxidation sites excluding steroid dienone is 2. The van der Waals surface area contributed by atoms with Gasteiger partial charge < -0.3 is 0 Å². The van der Waals surface area contributed by atoms with Crippen LogP contribution in [0.25, 0.3) is 0 Å². The van der Waals surface area contributed by atoms with Crippen molar-refractivity contribution in [3.05, 3.63) is 54.5 Å². The number of benzene rings is 1. The van der Waals surface area contributed by atoms with Gasteiger partial charge in [-0.05, 0) is 24.5 Å². The van der Waals surface area contributed by atoms with Crippen LogP contribution in [0.5, 0.6) is 0 Å². The zero-order valence-electron chi connectivity index (χ0n) is 9.34. The highest BCUT2D eigenvalue weighted by atomic mass is 32.2. The van der Waals surface area contributed by atoms with Crippen molar-refractivity contribution in [2.75, 3.05) is 0 Å². The molecule has 0 N–H and O–H groups in total. The first-order valence-electron chi connectivity index (χ1n) is 5.15. The summed E-state index contributed by atoms with van der Waals surface area (Å²) in [7, 11) is -3.29. The van der Waals surface area contributed by atoms with Crippen LogP contribution in [0.1, 0.15) is 13.3 Å². The number of hydrogen-bond acceptors (Lipinski definition) is 2. The summed E-state index contributed by atoms with van der Waals surface area (Å²) in [5.41, 5.74) is 0. The van der Waals surface area contributed by atoms with Crippen LogP contribution in [0, 0.1) is 5.92 Å². The summed E-state index contributed by atoms with van der Waals surface area (Å²) in [4.78, 5) is 0.331. The second-order valence-corrected chi connectivity index (χ2v) is 5.52. The third kappa shape index (κ3) is 3.66. The lowest BCUT2D eigenvalue weighted by atomic mass is 10.1. The molecule has 0 heterocycles. The van der Waals surface area contributed by atoms with E-state index in [0.717, 1.165) is 6.42 Å². The molecule has 0 spiro atoms. The van der Waals surface area contributed by atoms with Gasteiger partial charge in [0, 0.05) is 5.41 Å². The molecule has 0 aliphatic carbocycles. The highest BCUT2D eigenvalue weighted by Gasteiger charge is 2.09. The average Bonchev–Trinajstić information content (AvgIpc) is 2.28. The van der Waals surface area contributed by atoms with E-state index < -0.39 is 9.84 Å². The Hall–Kier alpha value is -1.35. The SMILES string of the molecule is C=CCC(C)/C=C/S(=O)(=O)c1ccccc1. The number of sulfone groups is 1. The van der Waals surface area contributed by atoms with Gasteiger partial charge in [0.15, 0.2) is 9.84 Å². The molecule has 0 saturated carbocycles. The molecule has 0 fully saturated rings. The van der Waals surface area contributed by atoms with Crippen LogP contribution < -0.4 is 0 Å². The van der Waals surface area contributed by atoms with E-state index in [4.69, 9.17) is 0 Å². The van der Waals surface area contributed by atoms with Gasteiger partial charge in [0.05, 0.1) is 4.90 Å². The van der Waals surface area contributed by atoms with Crippen molar-refractivity contribution in [3.63, 3.8) is 0 Å². The fourth-order valence-corrected chi connectivity index (χ4v) is 2.44. The first-order valence-corrected chi connectivity index (χ1v) is 6.70. The third-order valence-corrected chi connectivity index (χ3v) is 3.64. The molecule has 86 valence electrons. The monoisotopic (exact) mass is 236 g/mol. The molecule has 1 aromatic rings. The molecule has 0 aliphatic heterocycles. The normalized spacial score (nSPS) is 13.8. The third-order valence-electron chi connectivity index (χ3n) is 2.20. The molecule has 0 saturated heterocycles. The summed E-state index contributed by atoms with van der Waals surface area (Å²) < 4.78 is 23.7. The molecule has 1 atom stereocenters. The maximum Gasteiger partial charge on any atom is 0.199 e. The fraction of sp³-hybridized carbons (Fsp3) is 0.231.